The van der Waals surface area contributed by atoms with Crippen molar-refractivity contribution < 1.29 is 9.18 Å². The van der Waals surface area contributed by atoms with E-state index in [1.165, 1.54) is 18.3 Å². The minimum atomic E-state index is -0.546. The molecule has 1 aliphatic heterocycles. The molecule has 4 nitrogen and oxygen atoms in total. The Hall–Kier alpha value is -1.49. The van der Waals surface area contributed by atoms with Crippen molar-refractivity contribution >= 4 is 11.6 Å². The number of anilines is 1. The third-order valence-corrected chi connectivity index (χ3v) is 2.87. The van der Waals surface area contributed by atoms with Gasteiger partial charge in [0.1, 0.15) is 0 Å². The number of carbonyl (C=O) groups is 1. The first-order valence-electron chi connectivity index (χ1n) is 5.91. The van der Waals surface area contributed by atoms with Crippen molar-refractivity contribution in [3.8, 4) is 0 Å². The second-order valence-electron chi connectivity index (χ2n) is 4.21. The van der Waals surface area contributed by atoms with Crippen LogP contribution in [0, 0.1) is 5.95 Å². The monoisotopic (exact) mass is 237 g/mol. The zero-order chi connectivity index (χ0) is 12.1. The topological polar surface area (TPSA) is 54.0 Å². The number of nitrogens with one attached hydrogen (secondary N) is 2. The molecular formula is C12H16FN3O. The fraction of sp³-hybridized carbons (Fsp3) is 0.500. The van der Waals surface area contributed by atoms with E-state index >= 15 is 0 Å². The summed E-state index contributed by atoms with van der Waals surface area (Å²) in [6.07, 6.45) is 5.51. The summed E-state index contributed by atoms with van der Waals surface area (Å²) in [6, 6.07) is 2.59. The van der Waals surface area contributed by atoms with Gasteiger partial charge >= 0.3 is 0 Å². The van der Waals surface area contributed by atoms with E-state index in [-0.39, 0.29) is 11.9 Å². The Labute approximate surface area is 99.6 Å². The van der Waals surface area contributed by atoms with E-state index in [9.17, 15) is 9.18 Å². The van der Waals surface area contributed by atoms with Gasteiger partial charge in [0.25, 0.3) is 0 Å². The van der Waals surface area contributed by atoms with E-state index in [2.05, 4.69) is 15.6 Å². The molecule has 0 aromatic carbocycles. The van der Waals surface area contributed by atoms with Crippen LogP contribution < -0.4 is 10.6 Å². The van der Waals surface area contributed by atoms with E-state index in [4.69, 9.17) is 0 Å². The predicted molar refractivity (Wildman–Crippen MR) is 63.1 cm³/mol. The fourth-order valence-corrected chi connectivity index (χ4v) is 1.93. The molecule has 0 bridgehead atoms. The normalized spacial score (nSPS) is 20.6. The zero-order valence-corrected chi connectivity index (χ0v) is 9.58. The summed E-state index contributed by atoms with van der Waals surface area (Å²) in [4.78, 5) is 15.4. The lowest BCUT2D eigenvalue weighted by Gasteiger charge is -2.15. The first-order valence-corrected chi connectivity index (χ1v) is 5.91. The van der Waals surface area contributed by atoms with Crippen LogP contribution in [0.15, 0.2) is 18.3 Å². The standard InChI is InChI=1S/C12H16FN3O/c13-11-6-5-9(8-15-11)16-12(17)10-4-2-1-3-7-14-10/h5-6,8,10,14H,1-4,7H2,(H,16,17). The van der Waals surface area contributed by atoms with E-state index in [0.29, 0.717) is 5.69 Å². The van der Waals surface area contributed by atoms with Crippen molar-refractivity contribution in [1.29, 1.82) is 0 Å². The van der Waals surface area contributed by atoms with Crippen molar-refractivity contribution in [3.05, 3.63) is 24.3 Å². The van der Waals surface area contributed by atoms with Crippen LogP contribution in [-0.4, -0.2) is 23.5 Å². The number of rotatable bonds is 2. The minimum Gasteiger partial charge on any atom is -0.323 e. The molecule has 5 heteroatoms. The van der Waals surface area contributed by atoms with Crippen LogP contribution in [0.5, 0.6) is 0 Å². The molecule has 17 heavy (non-hydrogen) atoms. The summed E-state index contributed by atoms with van der Waals surface area (Å²) in [5, 5.41) is 5.94. The molecule has 92 valence electrons. The lowest BCUT2D eigenvalue weighted by molar-refractivity contribution is -0.118. The van der Waals surface area contributed by atoms with Gasteiger partial charge in [-0.05, 0) is 31.5 Å². The van der Waals surface area contributed by atoms with Crippen molar-refractivity contribution in [1.82, 2.24) is 10.3 Å². The number of hydrogen-bond acceptors (Lipinski definition) is 3. The van der Waals surface area contributed by atoms with E-state index in [1.54, 1.807) is 0 Å². The molecule has 2 N–H and O–H groups in total. The lowest BCUT2D eigenvalue weighted by atomic mass is 10.1. The molecule has 2 rings (SSSR count). The maximum atomic E-state index is 12.6. The first kappa shape index (κ1) is 12.0. The Morgan fingerprint density at radius 3 is 3.06 bits per heavy atom. The average Bonchev–Trinajstić information content (AvgIpc) is 2.61. The van der Waals surface area contributed by atoms with Crippen molar-refractivity contribution in [2.45, 2.75) is 31.7 Å². The van der Waals surface area contributed by atoms with Gasteiger partial charge in [-0.2, -0.15) is 4.39 Å². The smallest absolute Gasteiger partial charge is 0.241 e. The maximum Gasteiger partial charge on any atom is 0.241 e. The van der Waals surface area contributed by atoms with Crippen molar-refractivity contribution in [3.63, 3.8) is 0 Å². The Morgan fingerprint density at radius 1 is 1.41 bits per heavy atom. The van der Waals surface area contributed by atoms with Crippen molar-refractivity contribution in [2.75, 3.05) is 11.9 Å². The zero-order valence-electron chi connectivity index (χ0n) is 9.58. The van der Waals surface area contributed by atoms with E-state index in [0.717, 1.165) is 32.2 Å². The second-order valence-corrected chi connectivity index (χ2v) is 4.21. The van der Waals surface area contributed by atoms with E-state index in [1.807, 2.05) is 0 Å². The van der Waals surface area contributed by atoms with Gasteiger partial charge in [-0.25, -0.2) is 4.98 Å². The van der Waals surface area contributed by atoms with Gasteiger partial charge in [0.05, 0.1) is 17.9 Å². The van der Waals surface area contributed by atoms with Crippen LogP contribution in [-0.2, 0) is 4.79 Å². The molecule has 0 aliphatic carbocycles. The minimum absolute atomic E-state index is 0.0692. The Kier molecular flexibility index (Phi) is 4.03. The molecule has 1 aliphatic rings. The molecule has 1 aromatic heterocycles. The summed E-state index contributed by atoms with van der Waals surface area (Å²) < 4.78 is 12.6. The van der Waals surface area contributed by atoms with Gasteiger partial charge in [-0.15, -0.1) is 0 Å². The summed E-state index contributed by atoms with van der Waals surface area (Å²) in [6.45, 7) is 0.875. The highest BCUT2D eigenvalue weighted by molar-refractivity contribution is 5.94. The molecule has 1 fully saturated rings. The van der Waals surface area contributed by atoms with Crippen LogP contribution >= 0.6 is 0 Å². The summed E-state index contributed by atoms with van der Waals surface area (Å²) in [5.41, 5.74) is 0.530. The largest absolute Gasteiger partial charge is 0.323 e. The van der Waals surface area contributed by atoms with Crippen LogP contribution in [0.3, 0.4) is 0 Å². The molecule has 1 saturated heterocycles. The third-order valence-electron chi connectivity index (χ3n) is 2.87. The van der Waals surface area contributed by atoms with Crippen LogP contribution in [0.4, 0.5) is 10.1 Å². The lowest BCUT2D eigenvalue weighted by Crippen LogP contribution is -2.39. The molecule has 1 atom stereocenters. The second kappa shape index (κ2) is 5.72. The van der Waals surface area contributed by atoms with Gasteiger partial charge in [-0.1, -0.05) is 12.8 Å². The van der Waals surface area contributed by atoms with Gasteiger partial charge in [0, 0.05) is 0 Å². The Bertz CT molecular complexity index is 372. The number of amides is 1. The molecule has 1 unspecified atom stereocenters. The van der Waals surface area contributed by atoms with Crippen LogP contribution in [0.1, 0.15) is 25.7 Å². The average molecular weight is 237 g/mol. The summed E-state index contributed by atoms with van der Waals surface area (Å²) >= 11 is 0. The summed E-state index contributed by atoms with van der Waals surface area (Å²) in [7, 11) is 0. The highest BCUT2D eigenvalue weighted by Crippen LogP contribution is 2.11. The molecule has 0 saturated carbocycles. The number of hydrogen-bond donors (Lipinski definition) is 2. The number of halogens is 1. The van der Waals surface area contributed by atoms with Crippen LogP contribution in [0.25, 0.3) is 0 Å². The van der Waals surface area contributed by atoms with Crippen molar-refractivity contribution in [2.24, 2.45) is 0 Å². The first-order chi connectivity index (χ1) is 8.25. The number of aromatic nitrogens is 1. The fourth-order valence-electron chi connectivity index (χ4n) is 1.93. The van der Waals surface area contributed by atoms with Gasteiger partial charge in [0.2, 0.25) is 11.9 Å². The maximum absolute atomic E-state index is 12.6. The Balaban J connectivity index is 1.93. The highest BCUT2D eigenvalue weighted by atomic mass is 19.1. The van der Waals surface area contributed by atoms with Crippen LogP contribution in [0.2, 0.25) is 0 Å². The number of carbonyl (C=O) groups excluding carboxylic acids is 1. The quantitative estimate of drug-likeness (QED) is 0.770. The SMILES string of the molecule is O=C(Nc1ccc(F)nc1)C1CCCCCN1. The molecule has 1 amide bonds. The number of nitrogens with zero attached hydrogens (tertiary/aromatic N) is 1. The van der Waals surface area contributed by atoms with Gasteiger partial charge in [-0.3, -0.25) is 4.79 Å². The summed E-state index contributed by atoms with van der Waals surface area (Å²) in [5.74, 6) is -0.615. The number of pyridine rings is 1. The third kappa shape index (κ3) is 3.49. The van der Waals surface area contributed by atoms with Gasteiger partial charge in [0.15, 0.2) is 0 Å². The predicted octanol–water partition coefficient (Wildman–Crippen LogP) is 1.69. The molecular weight excluding hydrogens is 221 g/mol. The molecule has 0 spiro atoms. The van der Waals surface area contributed by atoms with E-state index < -0.39 is 5.95 Å². The highest BCUT2D eigenvalue weighted by Gasteiger charge is 2.19. The molecule has 1 aromatic rings. The Morgan fingerprint density at radius 2 is 2.29 bits per heavy atom. The molecule has 0 radical (unpaired) electrons. The van der Waals surface area contributed by atoms with Gasteiger partial charge < -0.3 is 10.6 Å². The molecule has 2 heterocycles.